The molecule has 2 rings (SSSR count). The van der Waals surface area contributed by atoms with Crippen LogP contribution in [0.2, 0.25) is 0 Å². The largest absolute Gasteiger partial charge is 0.207 e. The lowest BCUT2D eigenvalue weighted by Crippen LogP contribution is -2.00. The molecule has 2 aromatic carbocycles. The predicted octanol–water partition coefficient (Wildman–Crippen LogP) is 4.53. The van der Waals surface area contributed by atoms with Crippen LogP contribution in [-0.4, -0.2) is 0 Å². The SMILES string of the molecule is CC=CC(c1ccccc1)c1ccccc1F. The Morgan fingerprint density at radius 2 is 1.59 bits per heavy atom. The molecule has 0 amide bonds. The number of allylic oxidation sites excluding steroid dienone is 2. The van der Waals surface area contributed by atoms with Crippen molar-refractivity contribution in [3.05, 3.63) is 83.7 Å². The van der Waals surface area contributed by atoms with Crippen molar-refractivity contribution in [3.8, 4) is 0 Å². The fraction of sp³-hybridized carbons (Fsp3) is 0.125. The van der Waals surface area contributed by atoms with Gasteiger partial charge in [0.05, 0.1) is 0 Å². The fourth-order valence-corrected chi connectivity index (χ4v) is 1.97. The summed E-state index contributed by atoms with van der Waals surface area (Å²) in [6.45, 7) is 1.96. The summed E-state index contributed by atoms with van der Waals surface area (Å²) >= 11 is 0. The van der Waals surface area contributed by atoms with Gasteiger partial charge in [0.15, 0.2) is 0 Å². The Morgan fingerprint density at radius 1 is 0.941 bits per heavy atom. The van der Waals surface area contributed by atoms with Crippen LogP contribution in [0, 0.1) is 5.82 Å². The molecule has 1 atom stereocenters. The molecule has 0 heterocycles. The van der Waals surface area contributed by atoms with E-state index in [4.69, 9.17) is 0 Å². The molecule has 1 heteroatoms. The van der Waals surface area contributed by atoms with Crippen LogP contribution in [0.25, 0.3) is 0 Å². The summed E-state index contributed by atoms with van der Waals surface area (Å²) in [4.78, 5) is 0. The average Bonchev–Trinajstić information content (AvgIpc) is 2.38. The molecular formula is C16H15F. The van der Waals surface area contributed by atoms with E-state index in [1.165, 1.54) is 6.07 Å². The highest BCUT2D eigenvalue weighted by Gasteiger charge is 2.13. The van der Waals surface area contributed by atoms with E-state index in [9.17, 15) is 4.39 Å². The van der Waals surface area contributed by atoms with Crippen molar-refractivity contribution in [2.45, 2.75) is 12.8 Å². The van der Waals surface area contributed by atoms with Crippen molar-refractivity contribution in [2.24, 2.45) is 0 Å². The van der Waals surface area contributed by atoms with Crippen LogP contribution in [0.5, 0.6) is 0 Å². The molecule has 0 radical (unpaired) electrons. The van der Waals surface area contributed by atoms with Gasteiger partial charge in [-0.05, 0) is 24.1 Å². The van der Waals surface area contributed by atoms with Crippen LogP contribution >= 0.6 is 0 Å². The quantitative estimate of drug-likeness (QED) is 0.674. The maximum atomic E-state index is 13.8. The lowest BCUT2D eigenvalue weighted by molar-refractivity contribution is 0.608. The Hall–Kier alpha value is -1.89. The summed E-state index contributed by atoms with van der Waals surface area (Å²) < 4.78 is 13.8. The molecule has 86 valence electrons. The molecule has 0 fully saturated rings. The summed E-state index contributed by atoms with van der Waals surface area (Å²) in [7, 11) is 0. The Bertz CT molecular complexity index is 500. The van der Waals surface area contributed by atoms with Gasteiger partial charge >= 0.3 is 0 Å². The van der Waals surface area contributed by atoms with E-state index in [2.05, 4.69) is 0 Å². The normalized spacial score (nSPS) is 12.8. The van der Waals surface area contributed by atoms with E-state index in [1.54, 1.807) is 6.07 Å². The van der Waals surface area contributed by atoms with Gasteiger partial charge in [0.2, 0.25) is 0 Å². The van der Waals surface area contributed by atoms with Gasteiger partial charge in [-0.15, -0.1) is 0 Å². The maximum absolute atomic E-state index is 13.8. The van der Waals surface area contributed by atoms with Crippen molar-refractivity contribution in [2.75, 3.05) is 0 Å². The summed E-state index contributed by atoms with van der Waals surface area (Å²) in [6.07, 6.45) is 3.98. The van der Waals surface area contributed by atoms with Gasteiger partial charge < -0.3 is 0 Å². The second-order valence-electron chi connectivity index (χ2n) is 3.94. The van der Waals surface area contributed by atoms with Crippen LogP contribution in [0.4, 0.5) is 4.39 Å². The molecule has 0 aliphatic heterocycles. The first-order chi connectivity index (χ1) is 8.33. The van der Waals surface area contributed by atoms with E-state index < -0.39 is 0 Å². The Morgan fingerprint density at radius 3 is 2.24 bits per heavy atom. The second kappa shape index (κ2) is 5.44. The Labute approximate surface area is 101 Å². The third-order valence-corrected chi connectivity index (χ3v) is 2.78. The van der Waals surface area contributed by atoms with Crippen LogP contribution in [0.3, 0.4) is 0 Å². The van der Waals surface area contributed by atoms with Crippen LogP contribution in [0.1, 0.15) is 24.0 Å². The third-order valence-electron chi connectivity index (χ3n) is 2.78. The van der Waals surface area contributed by atoms with E-state index in [1.807, 2.05) is 61.5 Å². The number of halogens is 1. The topological polar surface area (TPSA) is 0 Å². The molecule has 0 spiro atoms. The molecule has 0 saturated carbocycles. The van der Waals surface area contributed by atoms with Crippen LogP contribution < -0.4 is 0 Å². The molecule has 17 heavy (non-hydrogen) atoms. The zero-order valence-electron chi connectivity index (χ0n) is 9.81. The first-order valence-electron chi connectivity index (χ1n) is 5.75. The molecule has 0 bridgehead atoms. The molecule has 0 nitrogen and oxygen atoms in total. The number of hydrogen-bond donors (Lipinski definition) is 0. The lowest BCUT2D eigenvalue weighted by atomic mass is 9.90. The van der Waals surface area contributed by atoms with Crippen LogP contribution in [0.15, 0.2) is 66.7 Å². The molecular weight excluding hydrogens is 211 g/mol. The highest BCUT2D eigenvalue weighted by atomic mass is 19.1. The van der Waals surface area contributed by atoms with Crippen molar-refractivity contribution in [3.63, 3.8) is 0 Å². The standard InChI is InChI=1S/C16H15F/c1-2-8-14(13-9-4-3-5-10-13)15-11-6-7-12-16(15)17/h2-12,14H,1H3. The molecule has 2 aromatic rings. The average molecular weight is 226 g/mol. The predicted molar refractivity (Wildman–Crippen MR) is 69.5 cm³/mol. The summed E-state index contributed by atoms with van der Waals surface area (Å²) in [5.74, 6) is -0.165. The third kappa shape index (κ3) is 2.62. The van der Waals surface area contributed by atoms with E-state index in [0.29, 0.717) is 0 Å². The van der Waals surface area contributed by atoms with E-state index >= 15 is 0 Å². The van der Waals surface area contributed by atoms with Gasteiger partial charge in [0.1, 0.15) is 5.82 Å². The molecule has 1 unspecified atom stereocenters. The van der Waals surface area contributed by atoms with Crippen LogP contribution in [-0.2, 0) is 0 Å². The molecule has 0 aliphatic carbocycles. The first kappa shape index (κ1) is 11.6. The molecule has 0 N–H and O–H groups in total. The summed E-state index contributed by atoms with van der Waals surface area (Å²) in [5, 5.41) is 0. The molecule has 0 aliphatic rings. The van der Waals surface area contributed by atoms with E-state index in [-0.39, 0.29) is 11.7 Å². The van der Waals surface area contributed by atoms with Gasteiger partial charge in [-0.3, -0.25) is 0 Å². The monoisotopic (exact) mass is 226 g/mol. The summed E-state index contributed by atoms with van der Waals surface area (Å²) in [6, 6.07) is 16.9. The van der Waals surface area contributed by atoms with Crippen molar-refractivity contribution >= 4 is 0 Å². The minimum atomic E-state index is -0.153. The smallest absolute Gasteiger partial charge is 0.127 e. The minimum absolute atomic E-state index is 0.0117. The maximum Gasteiger partial charge on any atom is 0.127 e. The highest BCUT2D eigenvalue weighted by molar-refractivity contribution is 5.37. The van der Waals surface area contributed by atoms with Gasteiger partial charge in [-0.2, -0.15) is 0 Å². The number of rotatable bonds is 3. The molecule has 0 aromatic heterocycles. The Balaban J connectivity index is 2.47. The lowest BCUT2D eigenvalue weighted by Gasteiger charge is -2.14. The van der Waals surface area contributed by atoms with Gasteiger partial charge in [0, 0.05) is 5.92 Å². The van der Waals surface area contributed by atoms with Crippen molar-refractivity contribution < 1.29 is 4.39 Å². The first-order valence-corrected chi connectivity index (χ1v) is 5.75. The zero-order chi connectivity index (χ0) is 12.1. The number of benzene rings is 2. The van der Waals surface area contributed by atoms with Crippen molar-refractivity contribution in [1.82, 2.24) is 0 Å². The second-order valence-corrected chi connectivity index (χ2v) is 3.94. The molecule has 0 saturated heterocycles. The Kier molecular flexibility index (Phi) is 3.71. The summed E-state index contributed by atoms with van der Waals surface area (Å²) in [5.41, 5.74) is 1.83. The van der Waals surface area contributed by atoms with Gasteiger partial charge in [0.25, 0.3) is 0 Å². The van der Waals surface area contributed by atoms with Crippen molar-refractivity contribution in [1.29, 1.82) is 0 Å². The van der Waals surface area contributed by atoms with Gasteiger partial charge in [-0.25, -0.2) is 4.39 Å². The zero-order valence-corrected chi connectivity index (χ0v) is 9.81. The highest BCUT2D eigenvalue weighted by Crippen LogP contribution is 2.27. The van der Waals surface area contributed by atoms with E-state index in [0.717, 1.165) is 11.1 Å². The number of hydrogen-bond acceptors (Lipinski definition) is 0. The minimum Gasteiger partial charge on any atom is -0.207 e. The fourth-order valence-electron chi connectivity index (χ4n) is 1.97. The van der Waals surface area contributed by atoms with Gasteiger partial charge in [-0.1, -0.05) is 60.7 Å².